The van der Waals surface area contributed by atoms with Crippen molar-refractivity contribution in [2.75, 3.05) is 24.6 Å². The van der Waals surface area contributed by atoms with Gasteiger partial charge in [-0.05, 0) is 37.5 Å². The van der Waals surface area contributed by atoms with E-state index >= 15 is 0 Å². The molecule has 3 aromatic rings. The zero-order valence-corrected chi connectivity index (χ0v) is 17.3. The fourth-order valence-corrected chi connectivity index (χ4v) is 4.84. The third-order valence-electron chi connectivity index (χ3n) is 6.33. The molecule has 6 nitrogen and oxygen atoms in total. The lowest BCUT2D eigenvalue weighted by atomic mass is 9.83. The Balaban J connectivity index is 1.42. The first-order valence-corrected chi connectivity index (χ1v) is 10.6. The van der Waals surface area contributed by atoms with Gasteiger partial charge in [-0.3, -0.25) is 0 Å². The molecule has 1 unspecified atom stereocenters. The summed E-state index contributed by atoms with van der Waals surface area (Å²) in [4.78, 5) is 11.7. The molecule has 152 valence electrons. The van der Waals surface area contributed by atoms with E-state index in [1.165, 1.54) is 0 Å². The number of benzene rings is 1. The van der Waals surface area contributed by atoms with Crippen molar-refractivity contribution >= 4 is 28.5 Å². The van der Waals surface area contributed by atoms with Crippen molar-refractivity contribution in [1.29, 1.82) is 0 Å². The van der Waals surface area contributed by atoms with Crippen molar-refractivity contribution < 1.29 is 9.84 Å². The van der Waals surface area contributed by atoms with Crippen molar-refractivity contribution in [3.8, 4) is 11.4 Å². The van der Waals surface area contributed by atoms with E-state index < -0.39 is 0 Å². The molecule has 2 aliphatic heterocycles. The van der Waals surface area contributed by atoms with E-state index in [-0.39, 0.29) is 11.7 Å². The first-order chi connectivity index (χ1) is 14.0. The van der Waals surface area contributed by atoms with Gasteiger partial charge in [0.2, 0.25) is 0 Å². The molecule has 0 aliphatic carbocycles. The Bertz CT molecular complexity index is 1040. The number of pyridine rings is 1. The SMILES string of the molecule is Cn1c(-c2cc(N3CCC4(CC3)CC(O)CCO4)ncc2Cl)nc2ccccc21. The average molecular weight is 413 g/mol. The van der Waals surface area contributed by atoms with Gasteiger partial charge in [0.05, 0.1) is 27.8 Å². The summed E-state index contributed by atoms with van der Waals surface area (Å²) in [5, 5.41) is 10.7. The third kappa shape index (κ3) is 3.39. The summed E-state index contributed by atoms with van der Waals surface area (Å²) >= 11 is 6.52. The van der Waals surface area contributed by atoms with E-state index in [0.717, 1.165) is 67.0 Å². The van der Waals surface area contributed by atoms with Crippen molar-refractivity contribution in [2.45, 2.75) is 37.4 Å². The van der Waals surface area contributed by atoms with Gasteiger partial charge in [-0.15, -0.1) is 0 Å². The van der Waals surface area contributed by atoms with Gasteiger partial charge in [-0.2, -0.15) is 0 Å². The number of nitrogens with zero attached hydrogens (tertiary/aromatic N) is 4. The maximum atomic E-state index is 10.1. The lowest BCUT2D eigenvalue weighted by Crippen LogP contribution is -2.50. The van der Waals surface area contributed by atoms with Gasteiger partial charge in [-0.25, -0.2) is 9.97 Å². The van der Waals surface area contributed by atoms with E-state index in [1.807, 2.05) is 31.3 Å². The molecule has 0 bridgehead atoms. The van der Waals surface area contributed by atoms with E-state index in [4.69, 9.17) is 21.3 Å². The first kappa shape index (κ1) is 18.9. The molecule has 2 saturated heterocycles. The van der Waals surface area contributed by atoms with Crippen molar-refractivity contribution in [1.82, 2.24) is 14.5 Å². The number of rotatable bonds is 2. The predicted octanol–water partition coefficient (Wildman–Crippen LogP) is 3.80. The Morgan fingerprint density at radius 2 is 2.03 bits per heavy atom. The van der Waals surface area contributed by atoms with Crippen LogP contribution in [0.5, 0.6) is 0 Å². The molecule has 1 spiro atoms. The lowest BCUT2D eigenvalue weighted by molar-refractivity contribution is -0.128. The third-order valence-corrected chi connectivity index (χ3v) is 6.64. The monoisotopic (exact) mass is 412 g/mol. The molecule has 29 heavy (non-hydrogen) atoms. The number of para-hydroxylation sites is 2. The number of halogens is 1. The molecule has 1 atom stereocenters. The van der Waals surface area contributed by atoms with E-state index in [9.17, 15) is 5.11 Å². The number of imidazole rings is 1. The van der Waals surface area contributed by atoms with Crippen LogP contribution in [0, 0.1) is 0 Å². The van der Waals surface area contributed by atoms with Crippen LogP contribution in [-0.2, 0) is 11.8 Å². The minimum atomic E-state index is -0.242. The quantitative estimate of drug-likeness (QED) is 0.693. The van der Waals surface area contributed by atoms with Crippen LogP contribution in [0.25, 0.3) is 22.4 Å². The maximum Gasteiger partial charge on any atom is 0.142 e. The fourth-order valence-electron chi connectivity index (χ4n) is 4.65. The summed E-state index contributed by atoms with van der Waals surface area (Å²) in [6.45, 7) is 2.35. The first-order valence-electron chi connectivity index (χ1n) is 10.2. The molecule has 7 heteroatoms. The highest BCUT2D eigenvalue weighted by atomic mass is 35.5. The maximum absolute atomic E-state index is 10.1. The molecule has 0 radical (unpaired) electrons. The molecule has 0 amide bonds. The largest absolute Gasteiger partial charge is 0.393 e. The molecule has 4 heterocycles. The second kappa shape index (κ2) is 7.27. The fraction of sp³-hybridized carbons (Fsp3) is 0.455. The predicted molar refractivity (Wildman–Crippen MR) is 114 cm³/mol. The summed E-state index contributed by atoms with van der Waals surface area (Å²) in [5.74, 6) is 1.75. The number of aliphatic hydroxyl groups is 1. The van der Waals surface area contributed by atoms with Crippen LogP contribution in [0.3, 0.4) is 0 Å². The van der Waals surface area contributed by atoms with Gasteiger partial charge in [0.1, 0.15) is 11.6 Å². The summed E-state index contributed by atoms with van der Waals surface area (Å²) in [7, 11) is 2.01. The number of hydrogen-bond donors (Lipinski definition) is 1. The molecule has 1 aromatic carbocycles. The minimum Gasteiger partial charge on any atom is -0.393 e. The number of hydrogen-bond acceptors (Lipinski definition) is 5. The minimum absolute atomic E-state index is 0.180. The summed E-state index contributed by atoms with van der Waals surface area (Å²) in [6.07, 6.45) is 4.75. The van der Waals surface area contributed by atoms with Crippen LogP contribution in [-0.4, -0.2) is 51.0 Å². The zero-order chi connectivity index (χ0) is 20.0. The number of aryl methyl sites for hydroxylation is 1. The van der Waals surface area contributed by atoms with E-state index in [2.05, 4.69) is 20.5 Å². The van der Waals surface area contributed by atoms with Crippen molar-refractivity contribution in [3.05, 3.63) is 41.6 Å². The highest BCUT2D eigenvalue weighted by Gasteiger charge is 2.40. The van der Waals surface area contributed by atoms with Gasteiger partial charge in [0, 0.05) is 44.9 Å². The smallest absolute Gasteiger partial charge is 0.142 e. The second-order valence-electron chi connectivity index (χ2n) is 8.17. The van der Waals surface area contributed by atoms with Crippen LogP contribution in [0.15, 0.2) is 36.5 Å². The number of fused-ring (bicyclic) bond motifs is 1. The number of piperidine rings is 1. The number of aliphatic hydroxyl groups excluding tert-OH is 1. The van der Waals surface area contributed by atoms with Gasteiger partial charge in [-0.1, -0.05) is 23.7 Å². The molecule has 2 fully saturated rings. The van der Waals surface area contributed by atoms with Crippen LogP contribution in [0.2, 0.25) is 5.02 Å². The van der Waals surface area contributed by atoms with Crippen molar-refractivity contribution in [2.24, 2.45) is 7.05 Å². The molecular weight excluding hydrogens is 388 g/mol. The van der Waals surface area contributed by atoms with E-state index in [0.29, 0.717) is 11.6 Å². The van der Waals surface area contributed by atoms with Gasteiger partial charge in [0.15, 0.2) is 0 Å². The Morgan fingerprint density at radius 3 is 2.79 bits per heavy atom. The van der Waals surface area contributed by atoms with E-state index in [1.54, 1.807) is 6.20 Å². The highest BCUT2D eigenvalue weighted by Crippen LogP contribution is 2.37. The molecule has 5 rings (SSSR count). The molecule has 0 saturated carbocycles. The molecule has 1 N–H and O–H groups in total. The molecule has 2 aromatic heterocycles. The Kier molecular flexibility index (Phi) is 4.73. The molecule has 2 aliphatic rings. The van der Waals surface area contributed by atoms with Crippen LogP contribution in [0.1, 0.15) is 25.7 Å². The molecular formula is C22H25ClN4O2. The average Bonchev–Trinajstić information content (AvgIpc) is 3.06. The lowest BCUT2D eigenvalue weighted by Gasteiger charge is -2.45. The highest BCUT2D eigenvalue weighted by molar-refractivity contribution is 6.33. The summed E-state index contributed by atoms with van der Waals surface area (Å²) < 4.78 is 8.15. The van der Waals surface area contributed by atoms with Crippen LogP contribution >= 0.6 is 11.6 Å². The number of anilines is 1. The standard InChI is InChI=1S/C22H25ClN4O2/c1-26-19-5-3-2-4-18(19)25-21(26)16-12-20(24-14-17(16)23)27-9-7-22(8-10-27)13-15(28)6-11-29-22/h2-5,12,14-15,28H,6-11,13H2,1H3. The van der Waals surface area contributed by atoms with Gasteiger partial charge >= 0.3 is 0 Å². The number of aromatic nitrogens is 3. The second-order valence-corrected chi connectivity index (χ2v) is 8.58. The Labute approximate surface area is 175 Å². The van der Waals surface area contributed by atoms with Crippen molar-refractivity contribution in [3.63, 3.8) is 0 Å². The van der Waals surface area contributed by atoms with Crippen LogP contribution in [0.4, 0.5) is 5.82 Å². The topological polar surface area (TPSA) is 63.4 Å². The summed E-state index contributed by atoms with van der Waals surface area (Å²) in [5.41, 5.74) is 2.73. The van der Waals surface area contributed by atoms with Gasteiger partial charge < -0.3 is 19.3 Å². The summed E-state index contributed by atoms with van der Waals surface area (Å²) in [6, 6.07) is 10.1. The zero-order valence-electron chi connectivity index (χ0n) is 16.5. The number of ether oxygens (including phenoxy) is 1. The Hall–Kier alpha value is -2.15. The van der Waals surface area contributed by atoms with Gasteiger partial charge in [0.25, 0.3) is 0 Å². The Morgan fingerprint density at radius 1 is 1.24 bits per heavy atom. The van der Waals surface area contributed by atoms with Crippen LogP contribution < -0.4 is 4.90 Å². The normalized spacial score (nSPS) is 21.8.